The molecule has 110 valence electrons. The van der Waals surface area contributed by atoms with Crippen LogP contribution in [0.4, 0.5) is 5.69 Å². The molecule has 2 aromatic carbocycles. The van der Waals surface area contributed by atoms with Crippen molar-refractivity contribution in [2.45, 2.75) is 4.90 Å². The van der Waals surface area contributed by atoms with Crippen LogP contribution in [-0.2, 0) is 10.0 Å². The van der Waals surface area contributed by atoms with Crippen LogP contribution in [-0.4, -0.2) is 21.4 Å². The van der Waals surface area contributed by atoms with E-state index in [1.807, 2.05) is 0 Å². The number of amides is 1. The summed E-state index contributed by atoms with van der Waals surface area (Å²) in [6.07, 6.45) is 0. The zero-order chi connectivity index (χ0) is 15.5. The van der Waals surface area contributed by atoms with Crippen molar-refractivity contribution in [3.63, 3.8) is 0 Å². The molecule has 0 aliphatic rings. The lowest BCUT2D eigenvalue weighted by Crippen LogP contribution is -2.16. The maximum atomic E-state index is 12.3. The molecule has 21 heavy (non-hydrogen) atoms. The Morgan fingerprint density at radius 2 is 1.81 bits per heavy atom. The molecule has 6 nitrogen and oxygen atoms in total. The van der Waals surface area contributed by atoms with Gasteiger partial charge < -0.3 is 10.5 Å². The summed E-state index contributed by atoms with van der Waals surface area (Å²) >= 11 is 0. The van der Waals surface area contributed by atoms with Crippen molar-refractivity contribution in [1.29, 1.82) is 0 Å². The summed E-state index contributed by atoms with van der Waals surface area (Å²) in [4.78, 5) is 11.3. The first-order valence-electron chi connectivity index (χ1n) is 6.00. The molecule has 0 heterocycles. The van der Waals surface area contributed by atoms with Crippen LogP contribution in [0.5, 0.6) is 5.75 Å². The minimum absolute atomic E-state index is 0.00781. The summed E-state index contributed by atoms with van der Waals surface area (Å²) in [6.45, 7) is 0. The van der Waals surface area contributed by atoms with Crippen LogP contribution in [0.1, 0.15) is 10.4 Å². The number of ether oxygens (including phenoxy) is 1. The molecule has 7 heteroatoms. The summed E-state index contributed by atoms with van der Waals surface area (Å²) in [6, 6.07) is 12.4. The summed E-state index contributed by atoms with van der Waals surface area (Å²) in [7, 11) is -2.43. The van der Waals surface area contributed by atoms with Crippen molar-refractivity contribution in [3.8, 4) is 5.75 Å². The number of carbonyl (C=O) groups is 1. The smallest absolute Gasteiger partial charge is 0.261 e. The predicted octanol–water partition coefficient (Wildman–Crippen LogP) is 1.59. The van der Waals surface area contributed by atoms with Crippen LogP contribution < -0.4 is 15.2 Å². The molecule has 0 atom stereocenters. The molecule has 0 bridgehead atoms. The molecule has 0 saturated carbocycles. The van der Waals surface area contributed by atoms with Gasteiger partial charge >= 0.3 is 0 Å². The lowest BCUT2D eigenvalue weighted by molar-refractivity contribution is 0.0997. The molecule has 2 rings (SSSR count). The zero-order valence-electron chi connectivity index (χ0n) is 11.2. The quantitative estimate of drug-likeness (QED) is 0.876. The first-order chi connectivity index (χ1) is 9.94. The highest BCUT2D eigenvalue weighted by Crippen LogP contribution is 2.23. The van der Waals surface area contributed by atoms with E-state index in [1.165, 1.54) is 25.3 Å². The standard InChI is InChI=1S/C14H14N2O4S/c1-20-13-8-7-11(9-12(13)14(15)17)21(18,19)16-10-5-3-2-4-6-10/h2-9,16H,1H3,(H2,15,17). The maximum absolute atomic E-state index is 12.3. The molecule has 0 fully saturated rings. The molecular weight excluding hydrogens is 292 g/mol. The number of benzene rings is 2. The van der Waals surface area contributed by atoms with Gasteiger partial charge in [0, 0.05) is 5.69 Å². The minimum atomic E-state index is -3.81. The van der Waals surface area contributed by atoms with E-state index in [9.17, 15) is 13.2 Å². The Kier molecular flexibility index (Phi) is 4.13. The molecule has 1 amide bonds. The zero-order valence-corrected chi connectivity index (χ0v) is 12.1. The molecule has 0 aromatic heterocycles. The average molecular weight is 306 g/mol. The van der Waals surface area contributed by atoms with Gasteiger partial charge in [-0.25, -0.2) is 8.42 Å². The predicted molar refractivity (Wildman–Crippen MR) is 78.8 cm³/mol. The van der Waals surface area contributed by atoms with Crippen LogP contribution >= 0.6 is 0 Å². The van der Waals surface area contributed by atoms with Gasteiger partial charge in [0.2, 0.25) is 0 Å². The highest BCUT2D eigenvalue weighted by molar-refractivity contribution is 7.92. The third-order valence-corrected chi connectivity index (χ3v) is 4.15. The molecule has 0 aliphatic heterocycles. The van der Waals surface area contributed by atoms with Crippen LogP contribution in [0, 0.1) is 0 Å². The normalized spacial score (nSPS) is 10.9. The monoisotopic (exact) mass is 306 g/mol. The summed E-state index contributed by atoms with van der Waals surface area (Å²) < 4.78 is 31.9. The fourth-order valence-electron chi connectivity index (χ4n) is 1.77. The van der Waals surface area contributed by atoms with Crippen molar-refractivity contribution >= 4 is 21.6 Å². The number of sulfonamides is 1. The Bertz CT molecular complexity index is 758. The number of para-hydroxylation sites is 1. The Morgan fingerprint density at radius 3 is 2.38 bits per heavy atom. The molecule has 3 N–H and O–H groups in total. The minimum Gasteiger partial charge on any atom is -0.496 e. The van der Waals surface area contributed by atoms with Gasteiger partial charge in [-0.15, -0.1) is 0 Å². The average Bonchev–Trinajstić information content (AvgIpc) is 2.47. The van der Waals surface area contributed by atoms with Gasteiger partial charge in [0.05, 0.1) is 17.6 Å². The van der Waals surface area contributed by atoms with Gasteiger partial charge in [0.15, 0.2) is 0 Å². The molecule has 0 radical (unpaired) electrons. The van der Waals surface area contributed by atoms with Gasteiger partial charge in [0.25, 0.3) is 15.9 Å². The second kappa shape index (κ2) is 5.84. The fourth-order valence-corrected chi connectivity index (χ4v) is 2.85. The number of nitrogens with one attached hydrogen (secondary N) is 1. The second-order valence-corrected chi connectivity index (χ2v) is 5.88. The van der Waals surface area contributed by atoms with Crippen molar-refractivity contribution in [3.05, 3.63) is 54.1 Å². The van der Waals surface area contributed by atoms with E-state index in [4.69, 9.17) is 10.5 Å². The van der Waals surface area contributed by atoms with E-state index < -0.39 is 15.9 Å². The van der Waals surface area contributed by atoms with Gasteiger partial charge in [0.1, 0.15) is 5.75 Å². The Hall–Kier alpha value is -2.54. The topological polar surface area (TPSA) is 98.5 Å². The first-order valence-corrected chi connectivity index (χ1v) is 7.48. The number of anilines is 1. The molecule has 2 aromatic rings. The first kappa shape index (κ1) is 14.9. The van der Waals surface area contributed by atoms with Crippen LogP contribution in [0.15, 0.2) is 53.4 Å². The van der Waals surface area contributed by atoms with Crippen LogP contribution in [0.3, 0.4) is 0 Å². The summed E-state index contributed by atoms with van der Waals surface area (Å²) in [5, 5.41) is 0. The maximum Gasteiger partial charge on any atom is 0.261 e. The lowest BCUT2D eigenvalue weighted by atomic mass is 10.2. The number of rotatable bonds is 5. The van der Waals surface area contributed by atoms with Crippen LogP contribution in [0.25, 0.3) is 0 Å². The van der Waals surface area contributed by atoms with Gasteiger partial charge in [-0.1, -0.05) is 18.2 Å². The van der Waals surface area contributed by atoms with E-state index in [0.717, 1.165) is 0 Å². The third-order valence-electron chi connectivity index (χ3n) is 2.77. The van der Waals surface area contributed by atoms with Gasteiger partial charge in [-0.05, 0) is 30.3 Å². The second-order valence-electron chi connectivity index (χ2n) is 4.20. The van der Waals surface area contributed by atoms with E-state index in [1.54, 1.807) is 30.3 Å². The van der Waals surface area contributed by atoms with Crippen molar-refractivity contribution < 1.29 is 17.9 Å². The number of primary amides is 1. The molecule has 0 aliphatic carbocycles. The number of hydrogen-bond donors (Lipinski definition) is 2. The Morgan fingerprint density at radius 1 is 1.14 bits per heavy atom. The third kappa shape index (κ3) is 3.32. The van der Waals surface area contributed by atoms with E-state index in [2.05, 4.69) is 4.72 Å². The summed E-state index contributed by atoms with van der Waals surface area (Å²) in [5.41, 5.74) is 5.65. The van der Waals surface area contributed by atoms with E-state index >= 15 is 0 Å². The van der Waals surface area contributed by atoms with E-state index in [0.29, 0.717) is 5.69 Å². The Balaban J connectivity index is 2.41. The van der Waals surface area contributed by atoms with Crippen molar-refractivity contribution in [2.75, 3.05) is 11.8 Å². The molecule has 0 spiro atoms. The van der Waals surface area contributed by atoms with Crippen molar-refractivity contribution in [2.24, 2.45) is 5.73 Å². The van der Waals surface area contributed by atoms with Crippen LogP contribution in [0.2, 0.25) is 0 Å². The van der Waals surface area contributed by atoms with Gasteiger partial charge in [-0.3, -0.25) is 9.52 Å². The molecule has 0 saturated heterocycles. The lowest BCUT2D eigenvalue weighted by Gasteiger charge is -2.10. The van der Waals surface area contributed by atoms with E-state index in [-0.39, 0.29) is 16.2 Å². The SMILES string of the molecule is COc1ccc(S(=O)(=O)Nc2ccccc2)cc1C(N)=O. The highest BCUT2D eigenvalue weighted by atomic mass is 32.2. The fraction of sp³-hybridized carbons (Fsp3) is 0.0714. The number of methoxy groups -OCH3 is 1. The van der Waals surface area contributed by atoms with Crippen molar-refractivity contribution in [1.82, 2.24) is 0 Å². The Labute approximate surface area is 122 Å². The number of hydrogen-bond acceptors (Lipinski definition) is 4. The largest absolute Gasteiger partial charge is 0.496 e. The molecular formula is C14H14N2O4S. The number of nitrogens with two attached hydrogens (primary N) is 1. The highest BCUT2D eigenvalue weighted by Gasteiger charge is 2.18. The molecule has 0 unspecified atom stereocenters. The van der Waals surface area contributed by atoms with Gasteiger partial charge in [-0.2, -0.15) is 0 Å². The number of carbonyl (C=O) groups excluding carboxylic acids is 1. The summed E-state index contributed by atoms with van der Waals surface area (Å²) in [5.74, 6) is -0.537.